The van der Waals surface area contributed by atoms with E-state index in [4.69, 9.17) is 0 Å². The van der Waals surface area contributed by atoms with E-state index in [1.165, 1.54) is 12.1 Å². The van der Waals surface area contributed by atoms with Crippen LogP contribution in [-0.2, 0) is 11.0 Å². The Morgan fingerprint density at radius 1 is 1.21 bits per heavy atom. The number of carbonyl (C=O) groups is 1. The maximum atomic E-state index is 12.9. The number of amides is 1. The van der Waals surface area contributed by atoms with E-state index in [-0.39, 0.29) is 17.6 Å². The molecule has 0 spiro atoms. The van der Waals surface area contributed by atoms with Crippen molar-refractivity contribution in [1.82, 2.24) is 15.1 Å². The van der Waals surface area contributed by atoms with E-state index in [9.17, 15) is 18.0 Å². The molecule has 24 heavy (non-hydrogen) atoms. The molecule has 1 saturated heterocycles. The first-order chi connectivity index (χ1) is 11.4. The van der Waals surface area contributed by atoms with E-state index in [1.807, 2.05) is 0 Å². The zero-order valence-corrected chi connectivity index (χ0v) is 12.8. The van der Waals surface area contributed by atoms with Crippen LogP contribution in [0.1, 0.15) is 25.0 Å². The van der Waals surface area contributed by atoms with E-state index < -0.39 is 11.9 Å². The fourth-order valence-corrected chi connectivity index (χ4v) is 2.71. The number of nitrogens with zero attached hydrogens (tertiary/aromatic N) is 2. The number of rotatable bonds is 3. The third-order valence-corrected chi connectivity index (χ3v) is 3.94. The van der Waals surface area contributed by atoms with Crippen LogP contribution in [0, 0.1) is 0 Å². The van der Waals surface area contributed by atoms with Gasteiger partial charge in [-0.3, -0.25) is 4.79 Å². The number of nitrogens with one attached hydrogen (secondary N) is 2. The summed E-state index contributed by atoms with van der Waals surface area (Å²) in [5.41, 5.74) is -0.0244. The minimum Gasteiger partial charge on any atom is -0.325 e. The van der Waals surface area contributed by atoms with Crippen molar-refractivity contribution in [2.45, 2.75) is 31.5 Å². The number of alkyl halides is 3. The summed E-state index contributed by atoms with van der Waals surface area (Å²) in [7, 11) is 0. The van der Waals surface area contributed by atoms with Gasteiger partial charge in [-0.1, -0.05) is 6.42 Å². The van der Waals surface area contributed by atoms with Gasteiger partial charge in [-0.2, -0.15) is 18.3 Å². The largest absolute Gasteiger partial charge is 0.433 e. The van der Waals surface area contributed by atoms with Crippen LogP contribution in [0.4, 0.5) is 18.9 Å². The highest BCUT2D eigenvalue weighted by atomic mass is 19.4. The molecule has 1 aliphatic rings. The summed E-state index contributed by atoms with van der Waals surface area (Å²) in [5, 5.41) is 9.64. The van der Waals surface area contributed by atoms with Crippen molar-refractivity contribution >= 4 is 11.6 Å². The number of anilines is 1. The second-order valence-electron chi connectivity index (χ2n) is 5.66. The highest BCUT2D eigenvalue weighted by Crippen LogP contribution is 2.30. The van der Waals surface area contributed by atoms with Crippen molar-refractivity contribution in [2.24, 2.45) is 0 Å². The van der Waals surface area contributed by atoms with E-state index in [0.717, 1.165) is 42.8 Å². The molecular weight excluding hydrogens is 321 g/mol. The molecule has 1 aromatic heterocycles. The van der Waals surface area contributed by atoms with Gasteiger partial charge in [-0.25, -0.2) is 4.68 Å². The minimum absolute atomic E-state index is 0.127. The van der Waals surface area contributed by atoms with Crippen molar-refractivity contribution in [3.63, 3.8) is 0 Å². The molecule has 0 bridgehead atoms. The van der Waals surface area contributed by atoms with Gasteiger partial charge in [0.1, 0.15) is 5.69 Å². The third kappa shape index (κ3) is 3.59. The average molecular weight is 338 g/mol. The molecule has 0 radical (unpaired) electrons. The van der Waals surface area contributed by atoms with Gasteiger partial charge in [0.25, 0.3) is 0 Å². The zero-order valence-electron chi connectivity index (χ0n) is 12.8. The lowest BCUT2D eigenvalue weighted by Gasteiger charge is -2.22. The Morgan fingerprint density at radius 2 is 1.96 bits per heavy atom. The molecule has 1 amide bonds. The van der Waals surface area contributed by atoms with Gasteiger partial charge in [0.05, 0.1) is 17.9 Å². The molecule has 1 aromatic carbocycles. The van der Waals surface area contributed by atoms with Crippen molar-refractivity contribution in [1.29, 1.82) is 0 Å². The fraction of sp³-hybridized carbons (Fsp3) is 0.375. The summed E-state index contributed by atoms with van der Waals surface area (Å²) in [5.74, 6) is -0.127. The number of halogens is 3. The van der Waals surface area contributed by atoms with E-state index in [0.29, 0.717) is 5.69 Å². The zero-order chi connectivity index (χ0) is 17.2. The minimum atomic E-state index is -4.48. The number of hydrogen-bond acceptors (Lipinski definition) is 3. The quantitative estimate of drug-likeness (QED) is 0.905. The van der Waals surface area contributed by atoms with E-state index in [1.54, 1.807) is 12.1 Å². The molecule has 128 valence electrons. The molecular formula is C16H17F3N4O. The SMILES string of the molecule is O=C(Nc1ccc(-n2nccc2C(F)(F)F)cc1)[C@H]1CCCCN1. The monoisotopic (exact) mass is 338 g/mol. The molecule has 0 saturated carbocycles. The Labute approximate surface area is 136 Å². The van der Waals surface area contributed by atoms with Gasteiger partial charge >= 0.3 is 6.18 Å². The first-order valence-electron chi connectivity index (χ1n) is 7.71. The van der Waals surface area contributed by atoms with Gasteiger partial charge in [0, 0.05) is 5.69 Å². The lowest BCUT2D eigenvalue weighted by atomic mass is 10.0. The second-order valence-corrected chi connectivity index (χ2v) is 5.66. The molecule has 3 rings (SSSR count). The van der Waals surface area contributed by atoms with Crippen molar-refractivity contribution in [3.05, 3.63) is 42.2 Å². The van der Waals surface area contributed by atoms with Crippen LogP contribution in [0.25, 0.3) is 5.69 Å². The first kappa shape index (κ1) is 16.5. The predicted molar refractivity (Wildman–Crippen MR) is 82.8 cm³/mol. The maximum Gasteiger partial charge on any atom is 0.433 e. The summed E-state index contributed by atoms with van der Waals surface area (Å²) < 4.78 is 39.5. The Hall–Kier alpha value is -2.35. The topological polar surface area (TPSA) is 59.0 Å². The van der Waals surface area contributed by atoms with Gasteiger partial charge < -0.3 is 10.6 Å². The molecule has 0 aliphatic carbocycles. The lowest BCUT2D eigenvalue weighted by molar-refractivity contribution is -0.142. The number of hydrogen-bond donors (Lipinski definition) is 2. The van der Waals surface area contributed by atoms with Crippen molar-refractivity contribution in [2.75, 3.05) is 11.9 Å². The summed E-state index contributed by atoms with van der Waals surface area (Å²) >= 11 is 0. The summed E-state index contributed by atoms with van der Waals surface area (Å²) in [6, 6.07) is 6.82. The van der Waals surface area contributed by atoms with Crippen LogP contribution in [0.15, 0.2) is 36.5 Å². The fourth-order valence-electron chi connectivity index (χ4n) is 2.71. The molecule has 8 heteroatoms. The Bertz CT molecular complexity index is 703. The number of piperidine rings is 1. The van der Waals surface area contributed by atoms with Crippen molar-refractivity contribution < 1.29 is 18.0 Å². The van der Waals surface area contributed by atoms with E-state index in [2.05, 4.69) is 15.7 Å². The van der Waals surface area contributed by atoms with Gasteiger partial charge in [0.2, 0.25) is 5.91 Å². The number of carbonyl (C=O) groups excluding carboxylic acids is 1. The molecule has 0 unspecified atom stereocenters. The lowest BCUT2D eigenvalue weighted by Crippen LogP contribution is -2.43. The highest BCUT2D eigenvalue weighted by molar-refractivity contribution is 5.94. The average Bonchev–Trinajstić information content (AvgIpc) is 3.06. The predicted octanol–water partition coefficient (Wildman–Crippen LogP) is 2.97. The van der Waals surface area contributed by atoms with Crippen LogP contribution >= 0.6 is 0 Å². The number of aromatic nitrogens is 2. The van der Waals surface area contributed by atoms with Crippen LogP contribution in [0.5, 0.6) is 0 Å². The Kier molecular flexibility index (Phi) is 4.57. The Balaban J connectivity index is 1.72. The molecule has 2 aromatic rings. The van der Waals surface area contributed by atoms with Crippen LogP contribution in [0.3, 0.4) is 0 Å². The van der Waals surface area contributed by atoms with E-state index >= 15 is 0 Å². The molecule has 2 heterocycles. The molecule has 1 aliphatic heterocycles. The summed E-state index contributed by atoms with van der Waals surface area (Å²) in [4.78, 5) is 12.1. The van der Waals surface area contributed by atoms with Crippen LogP contribution in [-0.4, -0.2) is 28.3 Å². The molecule has 1 atom stereocenters. The Morgan fingerprint density at radius 3 is 2.58 bits per heavy atom. The normalized spacial score (nSPS) is 18.4. The molecule has 2 N–H and O–H groups in total. The second kappa shape index (κ2) is 6.64. The molecule has 1 fully saturated rings. The smallest absolute Gasteiger partial charge is 0.325 e. The summed E-state index contributed by atoms with van der Waals surface area (Å²) in [6.45, 7) is 0.816. The van der Waals surface area contributed by atoms with Gasteiger partial charge in [0.15, 0.2) is 0 Å². The number of benzene rings is 1. The third-order valence-electron chi connectivity index (χ3n) is 3.94. The van der Waals surface area contributed by atoms with Crippen LogP contribution < -0.4 is 10.6 Å². The van der Waals surface area contributed by atoms with Crippen LogP contribution in [0.2, 0.25) is 0 Å². The highest BCUT2D eigenvalue weighted by Gasteiger charge is 2.35. The standard InChI is InChI=1S/C16H17F3N4O/c17-16(18,19)14-8-10-21-23(14)12-6-4-11(5-7-12)22-15(24)13-3-1-2-9-20-13/h4-8,10,13,20H,1-3,9H2,(H,22,24)/t13-/m1/s1. The summed E-state index contributed by atoms with van der Waals surface area (Å²) in [6.07, 6.45) is -0.525. The van der Waals surface area contributed by atoms with Gasteiger partial charge in [-0.05, 0) is 49.7 Å². The van der Waals surface area contributed by atoms with Crippen molar-refractivity contribution in [3.8, 4) is 5.69 Å². The molecule has 5 nitrogen and oxygen atoms in total. The first-order valence-corrected chi connectivity index (χ1v) is 7.71. The maximum absolute atomic E-state index is 12.9. The van der Waals surface area contributed by atoms with Gasteiger partial charge in [-0.15, -0.1) is 0 Å².